The molecule has 0 saturated heterocycles. The lowest BCUT2D eigenvalue weighted by molar-refractivity contribution is -0.118. The molecule has 1 aliphatic heterocycles. The van der Waals surface area contributed by atoms with Crippen molar-refractivity contribution in [3.8, 4) is 29.1 Å². The normalized spacial score (nSPS) is 12.0. The summed E-state index contributed by atoms with van der Waals surface area (Å²) in [6, 6.07) is 11.9. The van der Waals surface area contributed by atoms with Gasteiger partial charge in [0.25, 0.3) is 5.91 Å². The molecule has 0 spiro atoms. The summed E-state index contributed by atoms with van der Waals surface area (Å²) in [5, 5.41) is 11.6. The van der Waals surface area contributed by atoms with Crippen molar-refractivity contribution in [2.75, 3.05) is 32.2 Å². The summed E-state index contributed by atoms with van der Waals surface area (Å²) in [6.45, 7) is 0.793. The van der Waals surface area contributed by atoms with Crippen LogP contribution in [0.5, 0.6) is 23.0 Å². The van der Waals surface area contributed by atoms with Crippen LogP contribution in [0.2, 0.25) is 0 Å². The van der Waals surface area contributed by atoms with Crippen LogP contribution in [0.1, 0.15) is 5.56 Å². The Morgan fingerprint density at radius 3 is 2.72 bits per heavy atom. The zero-order chi connectivity index (χ0) is 17.6. The van der Waals surface area contributed by atoms with Gasteiger partial charge in [-0.15, -0.1) is 0 Å². The van der Waals surface area contributed by atoms with Crippen molar-refractivity contribution in [1.82, 2.24) is 0 Å². The number of nitriles is 1. The minimum absolute atomic E-state index is 0.198. The average Bonchev–Trinajstić information content (AvgIpc) is 2.66. The number of nitrogens with zero attached hydrogens (tertiary/aromatic N) is 1. The van der Waals surface area contributed by atoms with E-state index in [9.17, 15) is 4.79 Å². The molecule has 1 aliphatic rings. The number of anilines is 1. The Bertz CT molecular complexity index is 829. The monoisotopic (exact) mass is 340 g/mol. The zero-order valence-corrected chi connectivity index (χ0v) is 13.6. The topological polar surface area (TPSA) is 89.8 Å². The Morgan fingerprint density at radius 1 is 1.16 bits per heavy atom. The summed E-state index contributed by atoms with van der Waals surface area (Å²) in [5.74, 6) is 1.70. The number of fused-ring (bicyclic) bond motifs is 1. The lowest BCUT2D eigenvalue weighted by Crippen LogP contribution is -2.21. The van der Waals surface area contributed by atoms with Gasteiger partial charge in [-0.2, -0.15) is 5.26 Å². The highest BCUT2D eigenvalue weighted by molar-refractivity contribution is 5.92. The molecule has 7 heteroatoms. The number of methoxy groups -OCH3 is 1. The lowest BCUT2D eigenvalue weighted by atomic mass is 10.2. The van der Waals surface area contributed by atoms with Crippen LogP contribution in [0.4, 0.5) is 5.69 Å². The van der Waals surface area contributed by atoms with E-state index in [1.807, 2.05) is 6.07 Å². The minimum Gasteiger partial charge on any atom is -0.493 e. The quantitative estimate of drug-likeness (QED) is 0.899. The molecular formula is C18H16N2O5. The second-order valence-electron chi connectivity index (χ2n) is 5.17. The van der Waals surface area contributed by atoms with E-state index in [4.69, 9.17) is 24.2 Å². The molecule has 0 unspecified atom stereocenters. The smallest absolute Gasteiger partial charge is 0.262 e. The fourth-order valence-corrected chi connectivity index (χ4v) is 2.32. The lowest BCUT2D eigenvalue weighted by Gasteiger charge is -2.19. The predicted molar refractivity (Wildman–Crippen MR) is 89.3 cm³/mol. The van der Waals surface area contributed by atoms with Crippen molar-refractivity contribution in [3.63, 3.8) is 0 Å². The summed E-state index contributed by atoms with van der Waals surface area (Å²) in [4.78, 5) is 12.1. The molecule has 128 valence electrons. The van der Waals surface area contributed by atoms with Crippen LogP contribution in [0.15, 0.2) is 36.4 Å². The van der Waals surface area contributed by atoms with Crippen LogP contribution in [0.25, 0.3) is 0 Å². The second-order valence-corrected chi connectivity index (χ2v) is 5.17. The molecule has 1 amide bonds. The zero-order valence-electron chi connectivity index (χ0n) is 13.6. The SMILES string of the molecule is COc1cc(C#N)ccc1OCC(=O)Nc1ccc2c(c1)OCCO2. The van der Waals surface area contributed by atoms with Gasteiger partial charge < -0.3 is 24.3 Å². The van der Waals surface area contributed by atoms with E-state index in [-0.39, 0.29) is 12.5 Å². The Kier molecular flexibility index (Phi) is 4.90. The molecule has 3 rings (SSSR count). The number of carbonyl (C=O) groups excluding carboxylic acids is 1. The fraction of sp³-hybridized carbons (Fsp3) is 0.222. The van der Waals surface area contributed by atoms with Gasteiger partial charge in [0.05, 0.1) is 18.7 Å². The second kappa shape index (κ2) is 7.45. The maximum atomic E-state index is 12.1. The largest absolute Gasteiger partial charge is 0.493 e. The van der Waals surface area contributed by atoms with Gasteiger partial charge in [-0.05, 0) is 24.3 Å². The van der Waals surface area contributed by atoms with Crippen molar-refractivity contribution in [3.05, 3.63) is 42.0 Å². The standard InChI is InChI=1S/C18H16N2O5/c1-22-16-8-12(10-19)2-4-14(16)25-11-18(21)20-13-3-5-15-17(9-13)24-7-6-23-15/h2-5,8-9H,6-7,11H2,1H3,(H,20,21). The molecule has 0 bridgehead atoms. The number of ether oxygens (including phenoxy) is 4. The number of hydrogen-bond donors (Lipinski definition) is 1. The van der Waals surface area contributed by atoms with Crippen molar-refractivity contribution < 1.29 is 23.7 Å². The fourth-order valence-electron chi connectivity index (χ4n) is 2.32. The number of hydrogen-bond acceptors (Lipinski definition) is 6. The van der Waals surface area contributed by atoms with E-state index in [0.29, 0.717) is 47.5 Å². The van der Waals surface area contributed by atoms with E-state index in [1.54, 1.807) is 36.4 Å². The van der Waals surface area contributed by atoms with Crippen LogP contribution >= 0.6 is 0 Å². The first kappa shape index (κ1) is 16.5. The molecule has 0 fully saturated rings. The minimum atomic E-state index is -0.330. The van der Waals surface area contributed by atoms with Crippen LogP contribution < -0.4 is 24.3 Å². The molecule has 25 heavy (non-hydrogen) atoms. The van der Waals surface area contributed by atoms with E-state index >= 15 is 0 Å². The highest BCUT2D eigenvalue weighted by Crippen LogP contribution is 2.32. The van der Waals surface area contributed by atoms with Crippen LogP contribution in [-0.4, -0.2) is 32.8 Å². The first-order valence-corrected chi connectivity index (χ1v) is 7.60. The number of amides is 1. The summed E-state index contributed by atoms with van der Waals surface area (Å²) < 4.78 is 21.5. The van der Waals surface area contributed by atoms with Gasteiger partial charge in [-0.1, -0.05) is 0 Å². The maximum absolute atomic E-state index is 12.1. The predicted octanol–water partition coefficient (Wildman–Crippen LogP) is 2.36. The summed E-state index contributed by atoms with van der Waals surface area (Å²) in [6.07, 6.45) is 0. The first-order valence-electron chi connectivity index (χ1n) is 7.60. The van der Waals surface area contributed by atoms with E-state index in [1.165, 1.54) is 7.11 Å². The van der Waals surface area contributed by atoms with Gasteiger partial charge in [0.2, 0.25) is 0 Å². The Hall–Kier alpha value is -3.40. The third-order valence-electron chi connectivity index (χ3n) is 3.48. The molecule has 1 N–H and O–H groups in total. The van der Waals surface area contributed by atoms with Crippen molar-refractivity contribution in [2.45, 2.75) is 0 Å². The Morgan fingerprint density at radius 2 is 1.96 bits per heavy atom. The highest BCUT2D eigenvalue weighted by Gasteiger charge is 2.13. The van der Waals surface area contributed by atoms with E-state index in [0.717, 1.165) is 0 Å². The van der Waals surface area contributed by atoms with Crippen LogP contribution in [0, 0.1) is 11.3 Å². The van der Waals surface area contributed by atoms with Gasteiger partial charge in [0, 0.05) is 17.8 Å². The molecule has 0 aliphatic carbocycles. The average molecular weight is 340 g/mol. The van der Waals surface area contributed by atoms with Gasteiger partial charge >= 0.3 is 0 Å². The summed E-state index contributed by atoms with van der Waals surface area (Å²) >= 11 is 0. The molecular weight excluding hydrogens is 324 g/mol. The van der Waals surface area contributed by atoms with Gasteiger partial charge in [0.15, 0.2) is 29.6 Å². The number of rotatable bonds is 5. The number of carbonyl (C=O) groups is 1. The van der Waals surface area contributed by atoms with Gasteiger partial charge in [-0.25, -0.2) is 0 Å². The van der Waals surface area contributed by atoms with Crippen molar-refractivity contribution in [2.24, 2.45) is 0 Å². The maximum Gasteiger partial charge on any atom is 0.262 e. The van der Waals surface area contributed by atoms with Crippen LogP contribution in [0.3, 0.4) is 0 Å². The van der Waals surface area contributed by atoms with Crippen molar-refractivity contribution in [1.29, 1.82) is 5.26 Å². The van der Waals surface area contributed by atoms with Gasteiger partial charge in [-0.3, -0.25) is 4.79 Å². The summed E-state index contributed by atoms with van der Waals surface area (Å²) in [5.41, 5.74) is 1.04. The first-order chi connectivity index (χ1) is 12.2. The Labute approximate surface area is 144 Å². The number of nitrogens with one attached hydrogen (secondary N) is 1. The third kappa shape index (κ3) is 3.93. The molecule has 0 aromatic heterocycles. The molecule has 2 aromatic carbocycles. The molecule has 7 nitrogen and oxygen atoms in total. The number of benzene rings is 2. The van der Waals surface area contributed by atoms with Gasteiger partial charge in [0.1, 0.15) is 13.2 Å². The highest BCUT2D eigenvalue weighted by atomic mass is 16.6. The van der Waals surface area contributed by atoms with E-state index < -0.39 is 0 Å². The third-order valence-corrected chi connectivity index (χ3v) is 3.48. The molecule has 1 heterocycles. The van der Waals surface area contributed by atoms with Crippen molar-refractivity contribution >= 4 is 11.6 Å². The van der Waals surface area contributed by atoms with Crippen LogP contribution in [-0.2, 0) is 4.79 Å². The molecule has 0 radical (unpaired) electrons. The van der Waals surface area contributed by atoms with E-state index in [2.05, 4.69) is 5.32 Å². The summed E-state index contributed by atoms with van der Waals surface area (Å²) in [7, 11) is 1.47. The molecule has 0 saturated carbocycles. The molecule has 2 aromatic rings. The Balaban J connectivity index is 1.61. The molecule has 0 atom stereocenters.